The highest BCUT2D eigenvalue weighted by Gasteiger charge is 2.40. The lowest BCUT2D eigenvalue weighted by Gasteiger charge is -2.39. The summed E-state index contributed by atoms with van der Waals surface area (Å²) < 4.78 is 0. The molecule has 0 amide bonds. The van der Waals surface area contributed by atoms with Crippen LogP contribution in [0, 0.1) is 52.7 Å². The monoisotopic (exact) mass is 584 g/mol. The van der Waals surface area contributed by atoms with E-state index >= 15 is 0 Å². The van der Waals surface area contributed by atoms with Gasteiger partial charge in [-0.05, 0) is 12.2 Å². The Bertz CT molecular complexity index is 1680. The quantitative estimate of drug-likeness (QED) is 0.220. The molecule has 0 bridgehead atoms. The summed E-state index contributed by atoms with van der Waals surface area (Å²) in [4.78, 5) is 21.8. The molecule has 220 valence electrons. The second kappa shape index (κ2) is 9.13. The Morgan fingerprint density at radius 3 is 0.886 bits per heavy atom. The van der Waals surface area contributed by atoms with Crippen LogP contribution >= 0.6 is 0 Å². The SMILES string of the molecule is NC1=CC2(C=CC3(C=CC4(C=CC5(C=C4)C=CC4(C=C5)C=CC5(C=C4)C=C([N+](=O)[O-])CC([N+](=O)[O-])=C5)C=C3)C=C2)C=C(N)C1. The lowest BCUT2D eigenvalue weighted by Crippen LogP contribution is -2.28. The molecule has 8 heteroatoms. The van der Waals surface area contributed by atoms with E-state index < -0.39 is 20.7 Å². The number of hydrogen-bond acceptors (Lipinski definition) is 6. The Balaban J connectivity index is 1.06. The van der Waals surface area contributed by atoms with Crippen LogP contribution in [0.25, 0.3) is 0 Å². The molecule has 0 aliphatic heterocycles. The average molecular weight is 585 g/mol. The molecule has 0 unspecified atom stereocenters. The molecule has 8 nitrogen and oxygen atoms in total. The molecule has 0 atom stereocenters. The zero-order valence-electron chi connectivity index (χ0n) is 24.0. The van der Waals surface area contributed by atoms with Gasteiger partial charge < -0.3 is 11.5 Å². The van der Waals surface area contributed by atoms with Crippen molar-refractivity contribution in [2.45, 2.75) is 12.8 Å². The molecule has 44 heavy (non-hydrogen) atoms. The molecule has 0 saturated heterocycles. The Kier molecular flexibility index (Phi) is 5.72. The van der Waals surface area contributed by atoms with Crippen molar-refractivity contribution in [2.24, 2.45) is 44.0 Å². The van der Waals surface area contributed by atoms with Crippen LogP contribution in [0.2, 0.25) is 0 Å². The molecule has 0 aromatic rings. The summed E-state index contributed by atoms with van der Waals surface area (Å²) in [6.45, 7) is 0. The van der Waals surface area contributed by atoms with Crippen LogP contribution in [-0.4, -0.2) is 9.85 Å². The summed E-state index contributed by atoms with van der Waals surface area (Å²) in [5.74, 6) is 0. The van der Waals surface area contributed by atoms with Gasteiger partial charge in [0.05, 0.1) is 15.3 Å². The molecule has 0 aromatic carbocycles. The van der Waals surface area contributed by atoms with E-state index in [0.717, 1.165) is 11.4 Å². The summed E-state index contributed by atoms with van der Waals surface area (Å²) in [5.41, 5.74) is 10.6. The first kappa shape index (κ1) is 27.6. The van der Waals surface area contributed by atoms with Crippen LogP contribution in [0.15, 0.2) is 169 Å². The molecule has 0 saturated carbocycles. The van der Waals surface area contributed by atoms with Gasteiger partial charge in [-0.15, -0.1) is 0 Å². The second-order valence-corrected chi connectivity index (χ2v) is 12.9. The molecule has 7 rings (SSSR count). The van der Waals surface area contributed by atoms with Gasteiger partial charge in [0.1, 0.15) is 6.42 Å². The minimum atomic E-state index is -0.993. The van der Waals surface area contributed by atoms with Crippen LogP contribution in [0.5, 0.6) is 0 Å². The lowest BCUT2D eigenvalue weighted by atomic mass is 9.65. The summed E-state index contributed by atoms with van der Waals surface area (Å²) >= 11 is 0. The van der Waals surface area contributed by atoms with Gasteiger partial charge in [0.25, 0.3) is 11.4 Å². The Hall–Kier alpha value is -5.24. The van der Waals surface area contributed by atoms with Crippen LogP contribution in [0.1, 0.15) is 12.8 Å². The number of hydrogen-bond donors (Lipinski definition) is 2. The zero-order valence-corrected chi connectivity index (χ0v) is 24.0. The van der Waals surface area contributed by atoms with Gasteiger partial charge in [-0.3, -0.25) is 20.2 Å². The van der Waals surface area contributed by atoms with E-state index in [1.165, 1.54) is 12.2 Å². The third-order valence-electron chi connectivity index (χ3n) is 9.55. The normalized spacial score (nSPS) is 27.3. The average Bonchev–Trinajstić information content (AvgIpc) is 3.00. The standard InChI is InChI=1S/C36H32N4O4/c37-27-21-28(38)24-35(23-27)17-13-33(14-18-35)9-5-31(6-10-33)1-3-32(4-2-31)7-11-34(12-8-32)15-19-36(20-16-34)25-29(39(41)42)22-30(26-36)40(43)44/h1-20,23-26H,21-22,37-38H2. The topological polar surface area (TPSA) is 138 Å². The largest absolute Gasteiger partial charge is 0.402 e. The van der Waals surface area contributed by atoms with E-state index in [4.69, 9.17) is 11.5 Å². The van der Waals surface area contributed by atoms with Gasteiger partial charge in [-0.2, -0.15) is 0 Å². The molecule has 0 heterocycles. The van der Waals surface area contributed by atoms with Crippen molar-refractivity contribution in [3.63, 3.8) is 0 Å². The molecule has 7 aliphatic rings. The van der Waals surface area contributed by atoms with E-state index in [9.17, 15) is 20.2 Å². The molecular formula is C36H32N4O4. The van der Waals surface area contributed by atoms with Crippen molar-refractivity contribution in [3.8, 4) is 0 Å². The van der Waals surface area contributed by atoms with Gasteiger partial charge in [-0.1, -0.05) is 122 Å². The second-order valence-electron chi connectivity index (χ2n) is 12.9. The zero-order chi connectivity index (χ0) is 30.8. The van der Waals surface area contributed by atoms with Crippen LogP contribution < -0.4 is 11.5 Å². The van der Waals surface area contributed by atoms with Gasteiger partial charge >= 0.3 is 0 Å². The molecule has 0 radical (unpaired) electrons. The Morgan fingerprint density at radius 2 is 0.636 bits per heavy atom. The first-order chi connectivity index (χ1) is 20.9. The summed E-state index contributed by atoms with van der Waals surface area (Å²) in [5, 5.41) is 22.9. The number of rotatable bonds is 2. The number of nitro groups is 2. The molecule has 6 spiro atoms. The molecule has 0 aromatic heterocycles. The fourth-order valence-corrected chi connectivity index (χ4v) is 6.88. The highest BCUT2D eigenvalue weighted by molar-refractivity contribution is 5.53. The molecule has 4 N–H and O–H groups in total. The number of allylic oxidation sites excluding steroid dienone is 24. The van der Waals surface area contributed by atoms with Gasteiger partial charge in [0, 0.05) is 57.0 Å². The minimum Gasteiger partial charge on any atom is -0.402 e. The summed E-state index contributed by atoms with van der Waals surface area (Å²) in [6.07, 6.45) is 49.8. The van der Waals surface area contributed by atoms with Crippen molar-refractivity contribution >= 4 is 0 Å². The van der Waals surface area contributed by atoms with E-state index in [1.54, 1.807) is 0 Å². The predicted octanol–water partition coefficient (Wildman–Crippen LogP) is 6.35. The van der Waals surface area contributed by atoms with Crippen LogP contribution in [0.4, 0.5) is 0 Å². The van der Waals surface area contributed by atoms with E-state index in [-0.39, 0.29) is 39.5 Å². The van der Waals surface area contributed by atoms with Gasteiger partial charge in [-0.25, -0.2) is 0 Å². The Labute approximate surface area is 255 Å². The van der Waals surface area contributed by atoms with Crippen molar-refractivity contribution in [1.29, 1.82) is 0 Å². The smallest absolute Gasteiger partial charge is 0.254 e. The van der Waals surface area contributed by atoms with Gasteiger partial charge in [0.15, 0.2) is 0 Å². The van der Waals surface area contributed by atoms with E-state index in [0.29, 0.717) is 6.42 Å². The predicted molar refractivity (Wildman–Crippen MR) is 170 cm³/mol. The van der Waals surface area contributed by atoms with Crippen LogP contribution in [0.3, 0.4) is 0 Å². The molecular weight excluding hydrogens is 552 g/mol. The third kappa shape index (κ3) is 4.63. The summed E-state index contributed by atoms with van der Waals surface area (Å²) in [7, 11) is 0. The maximum absolute atomic E-state index is 11.5. The Morgan fingerprint density at radius 1 is 0.409 bits per heavy atom. The minimum absolute atomic E-state index is 0.172. The van der Waals surface area contributed by atoms with Crippen LogP contribution in [-0.2, 0) is 0 Å². The van der Waals surface area contributed by atoms with E-state index in [1.807, 2.05) is 24.3 Å². The highest BCUT2D eigenvalue weighted by atomic mass is 16.6. The first-order valence-electron chi connectivity index (χ1n) is 14.6. The summed E-state index contributed by atoms with van der Waals surface area (Å²) in [6, 6.07) is 0. The van der Waals surface area contributed by atoms with E-state index in [2.05, 4.69) is 109 Å². The number of nitrogens with zero attached hydrogens (tertiary/aromatic N) is 2. The lowest BCUT2D eigenvalue weighted by molar-refractivity contribution is -0.451. The van der Waals surface area contributed by atoms with Crippen molar-refractivity contribution < 1.29 is 9.85 Å². The van der Waals surface area contributed by atoms with Gasteiger partial charge in [0.2, 0.25) is 0 Å². The third-order valence-corrected chi connectivity index (χ3v) is 9.55. The first-order valence-corrected chi connectivity index (χ1v) is 14.6. The van der Waals surface area contributed by atoms with Crippen molar-refractivity contribution in [2.75, 3.05) is 0 Å². The molecule has 7 aliphatic carbocycles. The maximum atomic E-state index is 11.5. The van der Waals surface area contributed by atoms with Crippen molar-refractivity contribution in [3.05, 3.63) is 189 Å². The highest BCUT2D eigenvalue weighted by Crippen LogP contribution is 2.49. The number of nitrogens with two attached hydrogens (primary N) is 2. The van der Waals surface area contributed by atoms with Crippen molar-refractivity contribution in [1.82, 2.24) is 0 Å². The fraction of sp³-hybridized carbons (Fsp3) is 0.222. The maximum Gasteiger partial charge on any atom is 0.254 e. The molecule has 0 fully saturated rings. The fourth-order valence-electron chi connectivity index (χ4n) is 6.88.